The molecular weight excluding hydrogens is 202 g/mol. The monoisotopic (exact) mass is 211 g/mol. The quantitative estimate of drug-likeness (QED) is 0.477. The second-order valence-electron chi connectivity index (χ2n) is 3.10. The summed E-state index contributed by atoms with van der Waals surface area (Å²) < 4.78 is 50.4. The first-order chi connectivity index (χ1) is 6.30. The van der Waals surface area contributed by atoms with Crippen LogP contribution in [0.4, 0.5) is 17.6 Å². The summed E-state index contributed by atoms with van der Waals surface area (Å²) in [6, 6.07) is 0. The van der Waals surface area contributed by atoms with E-state index in [9.17, 15) is 22.4 Å². The number of allylic oxidation sites excluding steroid dienone is 1. The molecule has 1 heterocycles. The minimum absolute atomic E-state index is 0.444. The van der Waals surface area contributed by atoms with Crippen molar-refractivity contribution >= 4 is 5.91 Å². The number of carbonyl (C=O) groups excluding carboxylic acids is 1. The first-order valence-corrected chi connectivity index (χ1v) is 3.97. The van der Waals surface area contributed by atoms with Crippen LogP contribution >= 0.6 is 0 Å². The van der Waals surface area contributed by atoms with Gasteiger partial charge in [0.25, 0.3) is 0 Å². The van der Waals surface area contributed by atoms with E-state index in [1.54, 1.807) is 0 Å². The third-order valence-corrected chi connectivity index (χ3v) is 1.93. The van der Waals surface area contributed by atoms with Crippen LogP contribution in [0.3, 0.4) is 0 Å². The van der Waals surface area contributed by atoms with E-state index in [4.69, 9.17) is 0 Å². The summed E-state index contributed by atoms with van der Waals surface area (Å²) in [5.41, 5.74) is 0. The van der Waals surface area contributed by atoms with Crippen LogP contribution in [0, 0.1) is 0 Å². The molecule has 0 N–H and O–H groups in total. The molecule has 0 atom stereocenters. The van der Waals surface area contributed by atoms with Crippen molar-refractivity contribution in [1.29, 1.82) is 0 Å². The van der Waals surface area contributed by atoms with E-state index in [0.29, 0.717) is 4.90 Å². The standard InChI is InChI=1S/C8H9F4NO/c1-2-3-6(14)13-4-7(9,10)8(11,12)5-13/h2-3H,4-5H2,1H3/b3-2+. The Morgan fingerprint density at radius 3 is 2.00 bits per heavy atom. The molecule has 0 aliphatic carbocycles. The fourth-order valence-electron chi connectivity index (χ4n) is 1.17. The lowest BCUT2D eigenvalue weighted by atomic mass is 10.2. The Bertz CT molecular complexity index is 259. The summed E-state index contributed by atoms with van der Waals surface area (Å²) in [7, 11) is 0. The van der Waals surface area contributed by atoms with Crippen LogP contribution in [0.5, 0.6) is 0 Å². The van der Waals surface area contributed by atoms with Crippen molar-refractivity contribution in [3.63, 3.8) is 0 Å². The SMILES string of the molecule is C/C=C/C(=O)N1CC(F)(F)C(F)(F)C1. The van der Waals surface area contributed by atoms with Crippen molar-refractivity contribution in [2.75, 3.05) is 13.1 Å². The molecule has 0 radical (unpaired) electrons. The second-order valence-corrected chi connectivity index (χ2v) is 3.10. The Hall–Kier alpha value is -1.07. The molecule has 1 saturated heterocycles. The third-order valence-electron chi connectivity index (χ3n) is 1.93. The van der Waals surface area contributed by atoms with E-state index < -0.39 is 30.8 Å². The number of nitrogens with zero attached hydrogens (tertiary/aromatic N) is 1. The lowest BCUT2D eigenvalue weighted by Gasteiger charge is -2.14. The van der Waals surface area contributed by atoms with Crippen LogP contribution < -0.4 is 0 Å². The molecule has 0 aromatic carbocycles. The molecule has 0 aromatic rings. The number of alkyl halides is 4. The number of rotatable bonds is 1. The Morgan fingerprint density at radius 1 is 1.21 bits per heavy atom. The molecule has 0 spiro atoms. The average molecular weight is 211 g/mol. The number of carbonyl (C=O) groups is 1. The van der Waals surface area contributed by atoms with Gasteiger partial charge in [0, 0.05) is 0 Å². The van der Waals surface area contributed by atoms with Crippen LogP contribution in [-0.2, 0) is 4.79 Å². The van der Waals surface area contributed by atoms with Crippen molar-refractivity contribution < 1.29 is 22.4 Å². The van der Waals surface area contributed by atoms with Crippen LogP contribution in [-0.4, -0.2) is 35.7 Å². The molecule has 14 heavy (non-hydrogen) atoms. The van der Waals surface area contributed by atoms with E-state index >= 15 is 0 Å². The van der Waals surface area contributed by atoms with E-state index in [1.165, 1.54) is 13.0 Å². The summed E-state index contributed by atoms with van der Waals surface area (Å²) >= 11 is 0. The van der Waals surface area contributed by atoms with Gasteiger partial charge < -0.3 is 4.90 Å². The summed E-state index contributed by atoms with van der Waals surface area (Å²) in [6.45, 7) is -0.934. The first-order valence-electron chi connectivity index (χ1n) is 3.97. The van der Waals surface area contributed by atoms with Gasteiger partial charge in [-0.2, -0.15) is 17.6 Å². The minimum Gasteiger partial charge on any atom is -0.327 e. The highest BCUT2D eigenvalue weighted by Crippen LogP contribution is 2.40. The Balaban J connectivity index is 2.78. The maximum atomic E-state index is 12.6. The zero-order valence-electron chi connectivity index (χ0n) is 7.44. The van der Waals surface area contributed by atoms with E-state index in [1.807, 2.05) is 0 Å². The highest BCUT2D eigenvalue weighted by atomic mass is 19.3. The smallest absolute Gasteiger partial charge is 0.327 e. The Labute approximate surface area is 78.2 Å². The number of amides is 1. The van der Waals surface area contributed by atoms with Gasteiger partial charge in [0.15, 0.2) is 0 Å². The molecule has 80 valence electrons. The first kappa shape index (κ1) is 11.0. The molecule has 0 aromatic heterocycles. The van der Waals surface area contributed by atoms with Gasteiger partial charge in [0.05, 0.1) is 13.1 Å². The lowest BCUT2D eigenvalue weighted by molar-refractivity contribution is -0.172. The van der Waals surface area contributed by atoms with Crippen LogP contribution in [0.2, 0.25) is 0 Å². The molecule has 1 rings (SSSR count). The predicted octanol–water partition coefficient (Wildman–Crippen LogP) is 1.68. The number of likely N-dealkylation sites (tertiary alicyclic amines) is 1. The second kappa shape index (κ2) is 3.25. The van der Waals surface area contributed by atoms with Gasteiger partial charge in [-0.05, 0) is 13.0 Å². The van der Waals surface area contributed by atoms with Crippen LogP contribution in [0.15, 0.2) is 12.2 Å². The van der Waals surface area contributed by atoms with Crippen LogP contribution in [0.1, 0.15) is 6.92 Å². The summed E-state index contributed by atoms with van der Waals surface area (Å²) in [6.07, 6.45) is 2.30. The summed E-state index contributed by atoms with van der Waals surface area (Å²) in [4.78, 5) is 11.4. The van der Waals surface area contributed by atoms with E-state index in [-0.39, 0.29) is 0 Å². The van der Waals surface area contributed by atoms with Crippen molar-refractivity contribution in [3.8, 4) is 0 Å². The third kappa shape index (κ3) is 1.73. The van der Waals surface area contributed by atoms with Gasteiger partial charge >= 0.3 is 11.8 Å². The number of hydrogen-bond acceptors (Lipinski definition) is 1. The minimum atomic E-state index is -4.12. The zero-order valence-corrected chi connectivity index (χ0v) is 7.44. The fourth-order valence-corrected chi connectivity index (χ4v) is 1.17. The highest BCUT2D eigenvalue weighted by Gasteiger charge is 2.63. The van der Waals surface area contributed by atoms with Crippen molar-refractivity contribution in [2.24, 2.45) is 0 Å². The molecule has 1 aliphatic heterocycles. The topological polar surface area (TPSA) is 20.3 Å². The van der Waals surface area contributed by atoms with Crippen LogP contribution in [0.25, 0.3) is 0 Å². The summed E-state index contributed by atoms with van der Waals surface area (Å²) in [5, 5.41) is 0. The maximum absolute atomic E-state index is 12.6. The lowest BCUT2D eigenvalue weighted by Crippen LogP contribution is -2.38. The van der Waals surface area contributed by atoms with Crippen molar-refractivity contribution in [2.45, 2.75) is 18.8 Å². The van der Waals surface area contributed by atoms with Crippen molar-refractivity contribution in [1.82, 2.24) is 4.90 Å². The summed E-state index contributed by atoms with van der Waals surface area (Å²) in [5.74, 6) is -9.06. The Kier molecular flexibility index (Phi) is 2.56. The normalized spacial score (nSPS) is 24.5. The molecule has 6 heteroatoms. The van der Waals surface area contributed by atoms with E-state index in [0.717, 1.165) is 6.08 Å². The van der Waals surface area contributed by atoms with Gasteiger partial charge in [0.1, 0.15) is 0 Å². The molecule has 1 fully saturated rings. The predicted molar refractivity (Wildman–Crippen MR) is 41.3 cm³/mol. The number of hydrogen-bond donors (Lipinski definition) is 0. The molecule has 2 nitrogen and oxygen atoms in total. The largest absolute Gasteiger partial charge is 0.329 e. The molecule has 1 amide bonds. The molecule has 0 saturated carbocycles. The molecular formula is C8H9F4NO. The number of halogens is 4. The zero-order chi connectivity index (χ0) is 11.0. The fraction of sp³-hybridized carbons (Fsp3) is 0.625. The average Bonchev–Trinajstić information content (AvgIpc) is 2.22. The van der Waals surface area contributed by atoms with Gasteiger partial charge in [0.2, 0.25) is 5.91 Å². The molecule has 1 aliphatic rings. The van der Waals surface area contributed by atoms with Gasteiger partial charge in [-0.25, -0.2) is 0 Å². The molecule has 0 bridgehead atoms. The van der Waals surface area contributed by atoms with E-state index in [2.05, 4.69) is 0 Å². The highest BCUT2D eigenvalue weighted by molar-refractivity contribution is 5.87. The Morgan fingerprint density at radius 2 is 1.64 bits per heavy atom. The van der Waals surface area contributed by atoms with Crippen molar-refractivity contribution in [3.05, 3.63) is 12.2 Å². The maximum Gasteiger partial charge on any atom is 0.329 e. The molecule has 0 unspecified atom stereocenters. The van der Waals surface area contributed by atoms with Gasteiger partial charge in [-0.1, -0.05) is 6.08 Å². The van der Waals surface area contributed by atoms with Gasteiger partial charge in [-0.3, -0.25) is 4.79 Å². The van der Waals surface area contributed by atoms with Gasteiger partial charge in [-0.15, -0.1) is 0 Å².